The third-order valence-corrected chi connectivity index (χ3v) is 4.04. The molecule has 1 aliphatic heterocycles. The summed E-state index contributed by atoms with van der Waals surface area (Å²) in [5, 5.41) is 6.57. The van der Waals surface area contributed by atoms with Gasteiger partial charge in [-0.1, -0.05) is 23.8 Å². The van der Waals surface area contributed by atoms with E-state index in [-0.39, 0.29) is 12.9 Å². The van der Waals surface area contributed by atoms with Crippen molar-refractivity contribution in [3.05, 3.63) is 53.6 Å². The Morgan fingerprint density at radius 2 is 1.88 bits per heavy atom. The molecule has 0 radical (unpaired) electrons. The second-order valence-electron chi connectivity index (χ2n) is 6.24. The van der Waals surface area contributed by atoms with Crippen molar-refractivity contribution < 1.29 is 14.2 Å². The van der Waals surface area contributed by atoms with E-state index in [2.05, 4.69) is 22.5 Å². The van der Waals surface area contributed by atoms with E-state index in [0.29, 0.717) is 13.1 Å². The van der Waals surface area contributed by atoms with Gasteiger partial charge in [0, 0.05) is 13.6 Å². The van der Waals surface area contributed by atoms with Crippen LogP contribution in [-0.2, 0) is 6.54 Å². The molecule has 2 aromatic rings. The van der Waals surface area contributed by atoms with Crippen LogP contribution in [0.15, 0.2) is 47.5 Å². The van der Waals surface area contributed by atoms with Crippen LogP contribution in [0.4, 0.5) is 0 Å². The van der Waals surface area contributed by atoms with Crippen LogP contribution in [0.25, 0.3) is 0 Å². The lowest BCUT2D eigenvalue weighted by Crippen LogP contribution is -2.41. The van der Waals surface area contributed by atoms with Crippen molar-refractivity contribution in [2.45, 2.75) is 26.5 Å². The van der Waals surface area contributed by atoms with E-state index < -0.39 is 0 Å². The maximum absolute atomic E-state index is 5.90. The molecule has 0 aliphatic carbocycles. The molecule has 1 unspecified atom stereocenters. The summed E-state index contributed by atoms with van der Waals surface area (Å²) in [5.74, 6) is 3.17. The smallest absolute Gasteiger partial charge is 0.231 e. The number of rotatable bonds is 6. The van der Waals surface area contributed by atoms with E-state index in [1.807, 2.05) is 49.4 Å². The van der Waals surface area contributed by atoms with E-state index in [9.17, 15) is 0 Å². The zero-order valence-electron chi connectivity index (χ0n) is 15.4. The summed E-state index contributed by atoms with van der Waals surface area (Å²) in [6, 6.07) is 14.0. The Morgan fingerprint density at radius 3 is 2.65 bits per heavy atom. The summed E-state index contributed by atoms with van der Waals surface area (Å²) < 4.78 is 16.6. The maximum atomic E-state index is 5.90. The van der Waals surface area contributed by atoms with Crippen LogP contribution in [-0.4, -0.2) is 32.4 Å². The van der Waals surface area contributed by atoms with Gasteiger partial charge in [0.1, 0.15) is 11.9 Å². The first-order chi connectivity index (χ1) is 12.6. The number of aryl methyl sites for hydroxylation is 1. The molecule has 6 heteroatoms. The average Bonchev–Trinajstić information content (AvgIpc) is 3.11. The molecule has 0 aromatic heterocycles. The highest BCUT2D eigenvalue weighted by Crippen LogP contribution is 2.32. The molecule has 3 rings (SSSR count). The molecule has 2 N–H and O–H groups in total. The minimum Gasteiger partial charge on any atom is -0.489 e. The molecule has 1 atom stereocenters. The van der Waals surface area contributed by atoms with E-state index in [1.165, 1.54) is 5.56 Å². The molecule has 138 valence electrons. The Hall–Kier alpha value is -2.89. The van der Waals surface area contributed by atoms with Gasteiger partial charge in [-0.3, -0.25) is 4.99 Å². The van der Waals surface area contributed by atoms with Crippen molar-refractivity contribution in [2.24, 2.45) is 4.99 Å². The van der Waals surface area contributed by atoms with Crippen LogP contribution in [0.5, 0.6) is 17.2 Å². The lowest BCUT2D eigenvalue weighted by atomic mass is 10.2. The summed E-state index contributed by atoms with van der Waals surface area (Å²) >= 11 is 0. The standard InChI is InChI=1S/C20H25N3O3/c1-14-4-7-17(8-5-14)26-15(2)11-22-20(21-3)23-12-16-6-9-18-19(10-16)25-13-24-18/h4-10,15H,11-13H2,1-3H3,(H2,21,22,23). The number of aliphatic imine (C=N–C) groups is 1. The predicted molar refractivity (Wildman–Crippen MR) is 102 cm³/mol. The summed E-state index contributed by atoms with van der Waals surface area (Å²) in [5.41, 5.74) is 2.32. The van der Waals surface area contributed by atoms with Gasteiger partial charge in [0.05, 0.1) is 6.54 Å². The van der Waals surface area contributed by atoms with Crippen molar-refractivity contribution >= 4 is 5.96 Å². The Balaban J connectivity index is 1.45. The highest BCUT2D eigenvalue weighted by Gasteiger charge is 2.13. The third kappa shape index (κ3) is 4.81. The lowest BCUT2D eigenvalue weighted by Gasteiger charge is -2.18. The first kappa shape index (κ1) is 17.9. The van der Waals surface area contributed by atoms with Crippen molar-refractivity contribution in [1.29, 1.82) is 0 Å². The quantitative estimate of drug-likeness (QED) is 0.616. The fourth-order valence-corrected chi connectivity index (χ4v) is 2.59. The van der Waals surface area contributed by atoms with Crippen LogP contribution in [0, 0.1) is 6.92 Å². The number of nitrogens with zero attached hydrogens (tertiary/aromatic N) is 1. The SMILES string of the molecule is CN=C(NCc1ccc2c(c1)OCO2)NCC(C)Oc1ccc(C)cc1. The zero-order valence-corrected chi connectivity index (χ0v) is 15.4. The Morgan fingerprint density at radius 1 is 1.12 bits per heavy atom. The number of hydrogen-bond donors (Lipinski definition) is 2. The lowest BCUT2D eigenvalue weighted by molar-refractivity contribution is 0.174. The fraction of sp³-hybridized carbons (Fsp3) is 0.350. The summed E-state index contributed by atoms with van der Waals surface area (Å²) in [6.45, 7) is 5.66. The normalized spacial score (nSPS) is 14.0. The Kier molecular flexibility index (Phi) is 5.84. The fourth-order valence-electron chi connectivity index (χ4n) is 2.59. The average molecular weight is 355 g/mol. The van der Waals surface area contributed by atoms with E-state index >= 15 is 0 Å². The zero-order chi connectivity index (χ0) is 18.4. The van der Waals surface area contributed by atoms with Crippen molar-refractivity contribution in [3.8, 4) is 17.2 Å². The van der Waals surface area contributed by atoms with Gasteiger partial charge in [0.15, 0.2) is 17.5 Å². The molecule has 2 aromatic carbocycles. The van der Waals surface area contributed by atoms with Crippen LogP contribution in [0.3, 0.4) is 0 Å². The number of fused-ring (bicyclic) bond motifs is 1. The number of benzene rings is 2. The number of nitrogens with one attached hydrogen (secondary N) is 2. The molecular weight excluding hydrogens is 330 g/mol. The van der Waals surface area contributed by atoms with Crippen molar-refractivity contribution in [2.75, 3.05) is 20.4 Å². The third-order valence-electron chi connectivity index (χ3n) is 4.04. The summed E-state index contributed by atoms with van der Waals surface area (Å²) in [7, 11) is 1.75. The monoisotopic (exact) mass is 355 g/mol. The second-order valence-corrected chi connectivity index (χ2v) is 6.24. The van der Waals surface area contributed by atoms with Gasteiger partial charge in [0.2, 0.25) is 6.79 Å². The van der Waals surface area contributed by atoms with E-state index in [1.54, 1.807) is 7.05 Å². The van der Waals surface area contributed by atoms with Crippen LogP contribution in [0.2, 0.25) is 0 Å². The molecule has 0 amide bonds. The van der Waals surface area contributed by atoms with Gasteiger partial charge in [-0.05, 0) is 43.7 Å². The predicted octanol–water partition coefficient (Wildman–Crippen LogP) is 2.86. The highest BCUT2D eigenvalue weighted by molar-refractivity contribution is 5.79. The molecule has 0 spiro atoms. The van der Waals surface area contributed by atoms with Crippen molar-refractivity contribution in [3.63, 3.8) is 0 Å². The number of guanidine groups is 1. The topological polar surface area (TPSA) is 64.1 Å². The highest BCUT2D eigenvalue weighted by atomic mass is 16.7. The molecule has 0 fully saturated rings. The molecule has 1 aliphatic rings. The maximum Gasteiger partial charge on any atom is 0.231 e. The first-order valence-electron chi connectivity index (χ1n) is 8.70. The number of ether oxygens (including phenoxy) is 3. The van der Waals surface area contributed by atoms with Gasteiger partial charge in [-0.25, -0.2) is 0 Å². The molecule has 26 heavy (non-hydrogen) atoms. The van der Waals surface area contributed by atoms with E-state index in [4.69, 9.17) is 14.2 Å². The molecule has 0 saturated carbocycles. The van der Waals surface area contributed by atoms with Gasteiger partial charge in [-0.2, -0.15) is 0 Å². The summed E-state index contributed by atoms with van der Waals surface area (Å²) in [6.07, 6.45) is 0.0156. The Labute approximate surface area is 154 Å². The molecule has 6 nitrogen and oxygen atoms in total. The largest absolute Gasteiger partial charge is 0.489 e. The second kappa shape index (κ2) is 8.47. The minimum absolute atomic E-state index is 0.0156. The van der Waals surface area contributed by atoms with Crippen LogP contribution >= 0.6 is 0 Å². The van der Waals surface area contributed by atoms with Crippen molar-refractivity contribution in [1.82, 2.24) is 10.6 Å². The van der Waals surface area contributed by atoms with Gasteiger partial charge < -0.3 is 24.8 Å². The molecule has 1 heterocycles. The Bertz CT molecular complexity index is 759. The minimum atomic E-state index is 0.0156. The first-order valence-corrected chi connectivity index (χ1v) is 8.70. The van der Waals surface area contributed by atoms with Crippen LogP contribution < -0.4 is 24.8 Å². The van der Waals surface area contributed by atoms with Gasteiger partial charge in [0.25, 0.3) is 0 Å². The molecular formula is C20H25N3O3. The molecule has 0 bridgehead atoms. The summed E-state index contributed by atoms with van der Waals surface area (Å²) in [4.78, 5) is 4.25. The van der Waals surface area contributed by atoms with Gasteiger partial charge >= 0.3 is 0 Å². The van der Waals surface area contributed by atoms with E-state index in [0.717, 1.165) is 28.8 Å². The molecule has 0 saturated heterocycles. The van der Waals surface area contributed by atoms with Gasteiger partial charge in [-0.15, -0.1) is 0 Å². The number of hydrogen-bond acceptors (Lipinski definition) is 4. The van der Waals surface area contributed by atoms with Crippen LogP contribution in [0.1, 0.15) is 18.1 Å².